The third-order valence-electron chi connectivity index (χ3n) is 5.24. The fourth-order valence-electron chi connectivity index (χ4n) is 3.61. The number of hydrogen-bond donors (Lipinski definition) is 3. The van der Waals surface area contributed by atoms with Crippen molar-refractivity contribution in [2.24, 2.45) is 16.8 Å². The zero-order valence-corrected chi connectivity index (χ0v) is 14.9. The van der Waals surface area contributed by atoms with E-state index in [2.05, 4.69) is 30.3 Å². The molecule has 1 amide bonds. The molecule has 0 saturated carbocycles. The fourth-order valence-corrected chi connectivity index (χ4v) is 3.61. The van der Waals surface area contributed by atoms with E-state index < -0.39 is 5.54 Å². The zero-order valence-electron chi connectivity index (χ0n) is 14.9. The van der Waals surface area contributed by atoms with Crippen LogP contribution in [0.25, 0.3) is 11.0 Å². The molecule has 2 aliphatic rings. The van der Waals surface area contributed by atoms with Crippen molar-refractivity contribution in [3.05, 3.63) is 18.6 Å². The quantitative estimate of drug-likeness (QED) is 0.706. The second-order valence-corrected chi connectivity index (χ2v) is 7.16. The first-order valence-electron chi connectivity index (χ1n) is 8.91. The van der Waals surface area contributed by atoms with Crippen LogP contribution in [0, 0.1) is 5.92 Å². The monoisotopic (exact) mass is 356 g/mol. The number of piperidine rings is 1. The second kappa shape index (κ2) is 6.56. The molecule has 0 aromatic carbocycles. The number of carbonyl (C=O) groups is 1. The lowest BCUT2D eigenvalue weighted by Gasteiger charge is -2.38. The Morgan fingerprint density at radius 2 is 2.23 bits per heavy atom. The van der Waals surface area contributed by atoms with Gasteiger partial charge in [-0.15, -0.1) is 0 Å². The van der Waals surface area contributed by atoms with Crippen molar-refractivity contribution in [2.75, 3.05) is 38.1 Å². The first-order chi connectivity index (χ1) is 12.5. The summed E-state index contributed by atoms with van der Waals surface area (Å²) in [5, 5.41) is 10.1. The Hall–Kier alpha value is -2.68. The molecule has 4 heterocycles. The van der Waals surface area contributed by atoms with E-state index in [0.29, 0.717) is 32.5 Å². The second-order valence-electron chi connectivity index (χ2n) is 7.16. The normalized spacial score (nSPS) is 22.2. The van der Waals surface area contributed by atoms with Gasteiger partial charge in [-0.2, -0.15) is 5.10 Å². The van der Waals surface area contributed by atoms with Crippen molar-refractivity contribution < 1.29 is 4.79 Å². The largest absolute Gasteiger partial charge is 0.356 e. The van der Waals surface area contributed by atoms with Gasteiger partial charge in [-0.1, -0.05) is 0 Å². The fraction of sp³-hybridized carbons (Fsp3) is 0.529. The van der Waals surface area contributed by atoms with Crippen LogP contribution in [0.3, 0.4) is 0 Å². The summed E-state index contributed by atoms with van der Waals surface area (Å²) in [6, 6.07) is 1.97. The molecule has 1 unspecified atom stereocenters. The van der Waals surface area contributed by atoms with Gasteiger partial charge in [0.1, 0.15) is 17.8 Å². The molecule has 1 saturated heterocycles. The van der Waals surface area contributed by atoms with Crippen LogP contribution in [0.2, 0.25) is 0 Å². The van der Waals surface area contributed by atoms with Crippen LogP contribution >= 0.6 is 0 Å². The molecule has 9 nitrogen and oxygen atoms in total. The zero-order chi connectivity index (χ0) is 18.1. The molecule has 0 bridgehead atoms. The number of H-pyrrole nitrogens is 1. The van der Waals surface area contributed by atoms with Gasteiger partial charge in [-0.3, -0.25) is 9.80 Å². The Morgan fingerprint density at radius 1 is 1.42 bits per heavy atom. The predicted octanol–water partition coefficient (Wildman–Crippen LogP) is -0.0808. The Bertz CT molecular complexity index is 823. The van der Waals surface area contributed by atoms with E-state index in [1.807, 2.05) is 30.5 Å². The number of fused-ring (bicyclic) bond motifs is 1. The van der Waals surface area contributed by atoms with Gasteiger partial charge in [-0.05, 0) is 18.9 Å². The number of aromatic amines is 1. The Morgan fingerprint density at radius 3 is 2.96 bits per heavy atom. The maximum Gasteiger partial charge on any atom is 0.240 e. The molecule has 1 atom stereocenters. The van der Waals surface area contributed by atoms with Gasteiger partial charge >= 0.3 is 0 Å². The number of nitrogens with one attached hydrogen (secondary N) is 2. The molecule has 9 heteroatoms. The lowest BCUT2D eigenvalue weighted by Crippen LogP contribution is -2.60. The maximum absolute atomic E-state index is 12.6. The van der Waals surface area contributed by atoms with Crippen LogP contribution in [-0.4, -0.2) is 70.8 Å². The lowest BCUT2D eigenvalue weighted by atomic mass is 9.87. The predicted molar refractivity (Wildman–Crippen MR) is 99.9 cm³/mol. The summed E-state index contributed by atoms with van der Waals surface area (Å²) in [7, 11) is 1.92. The summed E-state index contributed by atoms with van der Waals surface area (Å²) in [6.07, 6.45) is 6.48. The number of carbonyl (C=O) groups excluding carboxylic acids is 1. The summed E-state index contributed by atoms with van der Waals surface area (Å²) in [6.45, 7) is 2.78. The highest BCUT2D eigenvalue weighted by Crippen LogP contribution is 2.28. The molecule has 2 aromatic rings. The minimum Gasteiger partial charge on any atom is -0.356 e. The van der Waals surface area contributed by atoms with Gasteiger partial charge in [0.25, 0.3) is 0 Å². The van der Waals surface area contributed by atoms with Crippen LogP contribution in [0.4, 0.5) is 5.82 Å². The summed E-state index contributed by atoms with van der Waals surface area (Å²) in [4.78, 5) is 26.6. The van der Waals surface area contributed by atoms with Gasteiger partial charge in [0.05, 0.1) is 10.9 Å². The molecule has 4 N–H and O–H groups in total. The smallest absolute Gasteiger partial charge is 0.240 e. The van der Waals surface area contributed by atoms with Gasteiger partial charge in [0.15, 0.2) is 0 Å². The summed E-state index contributed by atoms with van der Waals surface area (Å²) < 4.78 is 0. The van der Waals surface area contributed by atoms with Gasteiger partial charge in [0, 0.05) is 51.6 Å². The van der Waals surface area contributed by atoms with Gasteiger partial charge < -0.3 is 20.9 Å². The van der Waals surface area contributed by atoms with E-state index in [9.17, 15) is 4.79 Å². The van der Waals surface area contributed by atoms with Crippen molar-refractivity contribution >= 4 is 29.0 Å². The van der Waals surface area contributed by atoms with E-state index in [1.54, 1.807) is 6.33 Å². The van der Waals surface area contributed by atoms with Gasteiger partial charge in [-0.25, -0.2) is 9.97 Å². The molecule has 138 valence electrons. The number of nitrogens with zero attached hydrogens (tertiary/aromatic N) is 5. The molecule has 26 heavy (non-hydrogen) atoms. The van der Waals surface area contributed by atoms with Crippen molar-refractivity contribution in [3.63, 3.8) is 0 Å². The number of nitrogens with two attached hydrogens (primary N) is 1. The van der Waals surface area contributed by atoms with Gasteiger partial charge in [0.2, 0.25) is 5.91 Å². The summed E-state index contributed by atoms with van der Waals surface area (Å²) >= 11 is 0. The summed E-state index contributed by atoms with van der Waals surface area (Å²) in [5.74, 6) is 1.06. The summed E-state index contributed by atoms with van der Waals surface area (Å²) in [5.41, 5.74) is 6.41. The van der Waals surface area contributed by atoms with Crippen LogP contribution in [-0.2, 0) is 4.79 Å². The number of anilines is 1. The maximum atomic E-state index is 12.6. The minimum absolute atomic E-state index is 0.0745. The highest BCUT2D eigenvalue weighted by Gasteiger charge is 2.38. The standard InChI is InChI=1S/C17H24N8O/c1-24-10-12(9-23-24)8-20-16(26)17(18)3-6-25(7-4-17)15-13-2-5-19-14(13)21-11-22-15/h2,5,9,11-12H,3-4,6-8,10,18H2,1H3,(H,20,26)(H,19,21,22). The third-order valence-corrected chi connectivity index (χ3v) is 5.24. The highest BCUT2D eigenvalue weighted by molar-refractivity contribution is 5.89. The van der Waals surface area contributed by atoms with Crippen molar-refractivity contribution in [1.29, 1.82) is 0 Å². The van der Waals surface area contributed by atoms with Crippen LogP contribution in [0.1, 0.15) is 12.8 Å². The molecular weight excluding hydrogens is 332 g/mol. The van der Waals surface area contributed by atoms with Crippen LogP contribution in [0.5, 0.6) is 0 Å². The van der Waals surface area contributed by atoms with E-state index in [-0.39, 0.29) is 11.8 Å². The van der Waals surface area contributed by atoms with E-state index >= 15 is 0 Å². The molecule has 0 radical (unpaired) electrons. The first kappa shape index (κ1) is 16.8. The molecule has 1 fully saturated rings. The topological polar surface area (TPSA) is 116 Å². The number of hydrazone groups is 1. The number of hydrogen-bond acceptors (Lipinski definition) is 7. The van der Waals surface area contributed by atoms with E-state index in [0.717, 1.165) is 23.4 Å². The molecular formula is C17H24N8O. The molecule has 2 aliphatic heterocycles. The van der Waals surface area contributed by atoms with Crippen LogP contribution < -0.4 is 16.0 Å². The molecule has 0 aliphatic carbocycles. The van der Waals surface area contributed by atoms with E-state index in [4.69, 9.17) is 5.73 Å². The first-order valence-corrected chi connectivity index (χ1v) is 8.91. The molecule has 2 aromatic heterocycles. The SMILES string of the molecule is CN1CC(CNC(=O)C2(N)CCN(c3ncnc4[nH]ccc34)CC2)C=N1. The van der Waals surface area contributed by atoms with Crippen molar-refractivity contribution in [3.8, 4) is 0 Å². The number of amides is 1. The third kappa shape index (κ3) is 3.10. The van der Waals surface area contributed by atoms with Crippen molar-refractivity contribution in [1.82, 2.24) is 25.3 Å². The van der Waals surface area contributed by atoms with Crippen LogP contribution in [0.15, 0.2) is 23.7 Å². The van der Waals surface area contributed by atoms with Crippen molar-refractivity contribution in [2.45, 2.75) is 18.4 Å². The average Bonchev–Trinajstić information content (AvgIpc) is 3.28. The number of aromatic nitrogens is 3. The highest BCUT2D eigenvalue weighted by atomic mass is 16.2. The molecule has 4 rings (SSSR count). The molecule has 0 spiro atoms. The Kier molecular flexibility index (Phi) is 4.23. The Labute approximate surface area is 151 Å². The van der Waals surface area contributed by atoms with E-state index in [1.165, 1.54) is 0 Å². The lowest BCUT2D eigenvalue weighted by molar-refractivity contribution is -0.127. The average molecular weight is 356 g/mol. The number of rotatable bonds is 4. The minimum atomic E-state index is -0.831. The Balaban J connectivity index is 1.36.